The van der Waals surface area contributed by atoms with E-state index < -0.39 is 0 Å². The molecule has 0 bridgehead atoms. The molecule has 0 saturated carbocycles. The fourth-order valence-electron chi connectivity index (χ4n) is 2.62. The minimum atomic E-state index is -0.306. The van der Waals surface area contributed by atoms with E-state index in [1.807, 2.05) is 30.3 Å². The SMILES string of the molecule is CCOC(=O)Cc1cc(C(=O)c2ccccc2)sc1-c1ccc(Cl)cc1. The quantitative estimate of drug-likeness (QED) is 0.422. The van der Waals surface area contributed by atoms with Gasteiger partial charge in [-0.25, -0.2) is 0 Å². The van der Waals surface area contributed by atoms with Crippen molar-refractivity contribution >= 4 is 34.7 Å². The number of benzene rings is 2. The molecule has 3 aromatic rings. The average Bonchev–Trinajstić information content (AvgIpc) is 3.06. The molecular formula is C21H17ClO3S. The highest BCUT2D eigenvalue weighted by Gasteiger charge is 2.19. The predicted octanol–water partition coefficient (Wildman–Crippen LogP) is 5.41. The normalized spacial score (nSPS) is 10.5. The Bertz CT molecular complexity index is 914. The van der Waals surface area contributed by atoms with Gasteiger partial charge in [-0.3, -0.25) is 9.59 Å². The second-order valence-corrected chi connectivity index (χ2v) is 7.14. The first-order valence-corrected chi connectivity index (χ1v) is 9.42. The molecule has 1 heterocycles. The summed E-state index contributed by atoms with van der Waals surface area (Å²) in [6.07, 6.45) is 0.129. The molecule has 0 saturated heterocycles. The lowest BCUT2D eigenvalue weighted by atomic mass is 10.1. The minimum Gasteiger partial charge on any atom is -0.466 e. The Morgan fingerprint density at radius 1 is 1.04 bits per heavy atom. The van der Waals surface area contributed by atoms with Gasteiger partial charge in [-0.2, -0.15) is 0 Å². The van der Waals surface area contributed by atoms with Crippen molar-refractivity contribution in [3.63, 3.8) is 0 Å². The number of esters is 1. The lowest BCUT2D eigenvalue weighted by Gasteiger charge is -2.04. The van der Waals surface area contributed by atoms with Crippen molar-refractivity contribution in [2.45, 2.75) is 13.3 Å². The third kappa shape index (κ3) is 4.21. The highest BCUT2D eigenvalue weighted by Crippen LogP contribution is 2.35. The molecule has 26 heavy (non-hydrogen) atoms. The van der Waals surface area contributed by atoms with Gasteiger partial charge in [-0.05, 0) is 36.2 Å². The van der Waals surface area contributed by atoms with Gasteiger partial charge in [0.1, 0.15) is 0 Å². The molecule has 0 aliphatic rings. The number of carbonyl (C=O) groups excluding carboxylic acids is 2. The number of ketones is 1. The number of ether oxygens (including phenoxy) is 1. The lowest BCUT2D eigenvalue weighted by Crippen LogP contribution is -2.07. The molecule has 0 atom stereocenters. The number of halogens is 1. The van der Waals surface area contributed by atoms with E-state index in [9.17, 15) is 9.59 Å². The number of thiophene rings is 1. The minimum absolute atomic E-state index is 0.0547. The Labute approximate surface area is 161 Å². The maximum atomic E-state index is 12.8. The molecule has 0 fully saturated rings. The fraction of sp³-hybridized carbons (Fsp3) is 0.143. The molecule has 5 heteroatoms. The summed E-state index contributed by atoms with van der Waals surface area (Å²) in [6.45, 7) is 2.10. The molecular weight excluding hydrogens is 368 g/mol. The van der Waals surface area contributed by atoms with Crippen molar-refractivity contribution in [3.8, 4) is 10.4 Å². The first kappa shape index (κ1) is 18.4. The van der Waals surface area contributed by atoms with Crippen LogP contribution in [0.1, 0.15) is 27.7 Å². The van der Waals surface area contributed by atoms with E-state index in [-0.39, 0.29) is 18.2 Å². The van der Waals surface area contributed by atoms with Gasteiger partial charge < -0.3 is 4.74 Å². The number of hydrogen-bond donors (Lipinski definition) is 0. The Balaban J connectivity index is 2.00. The molecule has 0 N–H and O–H groups in total. The van der Waals surface area contributed by atoms with Gasteiger partial charge in [0, 0.05) is 15.5 Å². The van der Waals surface area contributed by atoms with Crippen LogP contribution in [-0.4, -0.2) is 18.4 Å². The highest BCUT2D eigenvalue weighted by atomic mass is 35.5. The first-order chi connectivity index (χ1) is 12.6. The van der Waals surface area contributed by atoms with E-state index in [4.69, 9.17) is 16.3 Å². The first-order valence-electron chi connectivity index (χ1n) is 8.22. The van der Waals surface area contributed by atoms with Gasteiger partial charge in [-0.15, -0.1) is 11.3 Å². The van der Waals surface area contributed by atoms with Gasteiger partial charge in [0.25, 0.3) is 0 Å². The Morgan fingerprint density at radius 3 is 2.38 bits per heavy atom. The maximum absolute atomic E-state index is 12.8. The zero-order valence-corrected chi connectivity index (χ0v) is 15.8. The number of hydrogen-bond acceptors (Lipinski definition) is 4. The summed E-state index contributed by atoms with van der Waals surface area (Å²) in [5.41, 5.74) is 2.33. The smallest absolute Gasteiger partial charge is 0.310 e. The van der Waals surface area contributed by atoms with Crippen LogP contribution in [0.15, 0.2) is 60.7 Å². The molecule has 0 amide bonds. The molecule has 1 aromatic heterocycles. The van der Waals surface area contributed by atoms with Crippen LogP contribution in [-0.2, 0) is 16.0 Å². The third-order valence-corrected chi connectivity index (χ3v) is 5.29. The monoisotopic (exact) mass is 384 g/mol. The van der Waals surface area contributed by atoms with Gasteiger partial charge in [0.15, 0.2) is 0 Å². The number of rotatable bonds is 6. The maximum Gasteiger partial charge on any atom is 0.310 e. The van der Waals surface area contributed by atoms with E-state index in [0.717, 1.165) is 16.0 Å². The van der Waals surface area contributed by atoms with Crippen LogP contribution >= 0.6 is 22.9 Å². The second kappa shape index (κ2) is 8.30. The molecule has 0 aliphatic carbocycles. The molecule has 3 nitrogen and oxygen atoms in total. The Kier molecular flexibility index (Phi) is 5.86. The van der Waals surface area contributed by atoms with E-state index in [1.165, 1.54) is 11.3 Å². The van der Waals surface area contributed by atoms with Crippen molar-refractivity contribution in [2.24, 2.45) is 0 Å². The summed E-state index contributed by atoms with van der Waals surface area (Å²) in [4.78, 5) is 26.2. The third-order valence-electron chi connectivity index (χ3n) is 3.82. The zero-order valence-electron chi connectivity index (χ0n) is 14.2. The van der Waals surface area contributed by atoms with Gasteiger partial charge in [-0.1, -0.05) is 54.1 Å². The Hall–Kier alpha value is -2.43. The summed E-state index contributed by atoms with van der Waals surface area (Å²) in [7, 11) is 0. The van der Waals surface area contributed by atoms with Gasteiger partial charge >= 0.3 is 5.97 Å². The predicted molar refractivity (Wildman–Crippen MR) is 105 cm³/mol. The van der Waals surface area contributed by atoms with Crippen LogP contribution in [0.25, 0.3) is 10.4 Å². The van der Waals surface area contributed by atoms with Crippen molar-refractivity contribution in [3.05, 3.63) is 81.7 Å². The van der Waals surface area contributed by atoms with Gasteiger partial charge in [0.05, 0.1) is 17.9 Å². The molecule has 0 unspecified atom stereocenters. The summed E-state index contributed by atoms with van der Waals surface area (Å²) in [6, 6.07) is 18.3. The molecule has 3 rings (SSSR count). The molecule has 132 valence electrons. The molecule has 0 aliphatic heterocycles. The summed E-state index contributed by atoms with van der Waals surface area (Å²) < 4.78 is 5.07. The van der Waals surface area contributed by atoms with Crippen LogP contribution in [0.2, 0.25) is 5.02 Å². The molecule has 2 aromatic carbocycles. The van der Waals surface area contributed by atoms with Crippen LogP contribution in [0.4, 0.5) is 0 Å². The summed E-state index contributed by atoms with van der Waals surface area (Å²) in [5, 5.41) is 0.637. The molecule has 0 spiro atoms. The van der Waals surface area contributed by atoms with Crippen LogP contribution in [0, 0.1) is 0 Å². The summed E-state index contributed by atoms with van der Waals surface area (Å²) >= 11 is 7.36. The highest BCUT2D eigenvalue weighted by molar-refractivity contribution is 7.17. The van der Waals surface area contributed by atoms with E-state index in [1.54, 1.807) is 37.3 Å². The van der Waals surface area contributed by atoms with Crippen molar-refractivity contribution in [1.29, 1.82) is 0 Å². The molecule has 0 radical (unpaired) electrons. The van der Waals surface area contributed by atoms with Gasteiger partial charge in [0.2, 0.25) is 5.78 Å². The lowest BCUT2D eigenvalue weighted by molar-refractivity contribution is -0.142. The average molecular weight is 385 g/mol. The van der Waals surface area contributed by atoms with E-state index in [2.05, 4.69) is 0 Å². The largest absolute Gasteiger partial charge is 0.466 e. The van der Waals surface area contributed by atoms with Crippen LogP contribution in [0.5, 0.6) is 0 Å². The van der Waals surface area contributed by atoms with Crippen molar-refractivity contribution in [2.75, 3.05) is 6.61 Å². The van der Waals surface area contributed by atoms with Crippen molar-refractivity contribution < 1.29 is 14.3 Å². The topological polar surface area (TPSA) is 43.4 Å². The second-order valence-electron chi connectivity index (χ2n) is 5.65. The van der Waals surface area contributed by atoms with E-state index in [0.29, 0.717) is 22.1 Å². The van der Waals surface area contributed by atoms with Crippen LogP contribution in [0.3, 0.4) is 0 Å². The Morgan fingerprint density at radius 2 is 1.73 bits per heavy atom. The van der Waals surface area contributed by atoms with Crippen LogP contribution < -0.4 is 0 Å². The van der Waals surface area contributed by atoms with E-state index >= 15 is 0 Å². The summed E-state index contributed by atoms with van der Waals surface area (Å²) in [5.74, 6) is -0.361. The van der Waals surface area contributed by atoms with Crippen molar-refractivity contribution in [1.82, 2.24) is 0 Å². The zero-order chi connectivity index (χ0) is 18.5. The number of carbonyl (C=O) groups is 2. The standard InChI is InChI=1S/C21H17ClO3S/c1-2-25-19(23)13-16-12-18(20(24)14-6-4-3-5-7-14)26-21(16)15-8-10-17(22)11-9-15/h3-12H,2,13H2,1H3. The fourth-order valence-corrected chi connectivity index (χ4v) is 3.89.